The molecule has 428 valence electrons. The van der Waals surface area contributed by atoms with Crippen LogP contribution in [0.15, 0.2) is 29.6 Å². The molecule has 0 radical (unpaired) electrons. The van der Waals surface area contributed by atoms with E-state index in [1.165, 1.54) is 23.6 Å². The predicted octanol–water partition coefficient (Wildman–Crippen LogP) is 5.09. The first-order valence-electron chi connectivity index (χ1n) is 27.3. The van der Waals surface area contributed by atoms with E-state index in [0.29, 0.717) is 68.7 Å². The number of hydrogen-bond acceptors (Lipinski definition) is 15. The zero-order valence-corrected chi connectivity index (χ0v) is 48.4. The van der Waals surface area contributed by atoms with Crippen molar-refractivity contribution >= 4 is 82.0 Å². The molecule has 3 heterocycles. The maximum atomic E-state index is 14.4. The van der Waals surface area contributed by atoms with Gasteiger partial charge in [0, 0.05) is 68.8 Å². The summed E-state index contributed by atoms with van der Waals surface area (Å²) in [4.78, 5) is 128. The van der Waals surface area contributed by atoms with E-state index in [-0.39, 0.29) is 90.5 Å². The Kier molecular flexibility index (Phi) is 26.5. The molecule has 8 N–H and O–H groups in total. The molecule has 8 amide bonds. The smallest absolute Gasteiger partial charge is 0.303 e. The van der Waals surface area contributed by atoms with Crippen LogP contribution in [0.5, 0.6) is 0 Å². The van der Waals surface area contributed by atoms with Gasteiger partial charge in [0.25, 0.3) is 5.91 Å². The van der Waals surface area contributed by atoms with E-state index < -0.39 is 59.9 Å². The summed E-state index contributed by atoms with van der Waals surface area (Å²) in [6.07, 6.45) is 8.72. The molecule has 1 aromatic carbocycles. The molecule has 2 saturated heterocycles. The highest BCUT2D eigenvalue weighted by atomic mass is 32.2. The number of nitrogens with zero attached hydrogens (tertiary/aromatic N) is 4. The molecule has 0 bridgehead atoms. The van der Waals surface area contributed by atoms with Gasteiger partial charge in [-0.25, -0.2) is 4.98 Å². The fourth-order valence-corrected chi connectivity index (χ4v) is 11.3. The number of primary amides is 1. The third-order valence-electron chi connectivity index (χ3n) is 14.8. The van der Waals surface area contributed by atoms with Crippen molar-refractivity contribution in [2.45, 2.75) is 179 Å². The van der Waals surface area contributed by atoms with Crippen LogP contribution in [-0.4, -0.2) is 148 Å². The Balaban J connectivity index is 1.41. The summed E-state index contributed by atoms with van der Waals surface area (Å²) >= 11 is 2.52. The van der Waals surface area contributed by atoms with Crippen LogP contribution in [0.2, 0.25) is 0 Å². The number of anilines is 1. The van der Waals surface area contributed by atoms with Crippen LogP contribution in [0.4, 0.5) is 5.69 Å². The Labute approximate surface area is 463 Å². The van der Waals surface area contributed by atoms with Crippen molar-refractivity contribution in [1.29, 1.82) is 0 Å². The summed E-state index contributed by atoms with van der Waals surface area (Å²) < 4.78 is 5.84. The average molecular weight is 1110 g/mol. The monoisotopic (exact) mass is 1110 g/mol. The molecule has 1 aromatic heterocycles. The molecule has 0 aliphatic carbocycles. The van der Waals surface area contributed by atoms with Gasteiger partial charge >= 0.3 is 5.97 Å². The van der Waals surface area contributed by atoms with Crippen molar-refractivity contribution in [3.8, 4) is 0 Å². The predicted molar refractivity (Wildman–Crippen MR) is 299 cm³/mol. The van der Waals surface area contributed by atoms with E-state index in [0.717, 1.165) is 42.7 Å². The Morgan fingerprint density at radius 1 is 0.948 bits per heavy atom. The fraction of sp³-hybridized carbons (Fsp3) is 0.673. The van der Waals surface area contributed by atoms with E-state index in [1.807, 2.05) is 45.9 Å². The van der Waals surface area contributed by atoms with Crippen molar-refractivity contribution in [3.05, 3.63) is 45.9 Å². The second-order valence-electron chi connectivity index (χ2n) is 21.2. The normalized spacial score (nSPS) is 18.6. The van der Waals surface area contributed by atoms with E-state index in [2.05, 4.69) is 26.3 Å². The second-order valence-corrected chi connectivity index (χ2v) is 23.1. The first kappa shape index (κ1) is 64.1. The summed E-state index contributed by atoms with van der Waals surface area (Å²) in [5.41, 5.74) is 12.7. The largest absolute Gasteiger partial charge is 0.455 e. The van der Waals surface area contributed by atoms with Crippen molar-refractivity contribution in [3.63, 3.8) is 0 Å². The minimum atomic E-state index is -0.908. The molecule has 77 heavy (non-hydrogen) atoms. The molecule has 0 spiro atoms. The maximum absolute atomic E-state index is 14.4. The molecule has 2 fully saturated rings. The number of aromatic nitrogens is 1. The number of ether oxygens (including phenoxy) is 1. The number of carbonyl (C=O) groups is 9. The lowest BCUT2D eigenvalue weighted by Crippen LogP contribution is -2.58. The SMILES string of the molecule is CC[C@H](C)[C@H](NC(=O)[C@H]1CCCCN1C)C(=O)N(C)[C@H](C[C@@H](OC(C)=O)c1nc(C(=O)N[C@@H](Cc2ccc(NC(=O)[C@H](CCCCN)NC(=O)CCCCCN3C(=O)CC(SC)C3=O)cc2)CC(C)C(N)=O)cs1)C(C)C. The average Bonchev–Trinajstić information content (AvgIpc) is 4.00. The Morgan fingerprint density at radius 3 is 2.27 bits per heavy atom. The minimum Gasteiger partial charge on any atom is -0.455 e. The number of hydrogen-bond donors (Lipinski definition) is 6. The zero-order chi connectivity index (χ0) is 56.9. The van der Waals surface area contributed by atoms with E-state index in [9.17, 15) is 43.2 Å². The maximum Gasteiger partial charge on any atom is 0.303 e. The van der Waals surface area contributed by atoms with Gasteiger partial charge in [0.05, 0.1) is 11.3 Å². The molecule has 2 aliphatic heterocycles. The first-order valence-corrected chi connectivity index (χ1v) is 29.5. The number of piperidine rings is 1. The number of thioether (sulfide) groups is 1. The van der Waals surface area contributed by atoms with Crippen molar-refractivity contribution < 1.29 is 47.9 Å². The molecular formula is C55H86N10O10S2. The van der Waals surface area contributed by atoms with E-state index >= 15 is 0 Å². The van der Waals surface area contributed by atoms with Crippen molar-refractivity contribution in [2.24, 2.45) is 29.2 Å². The van der Waals surface area contributed by atoms with Crippen LogP contribution >= 0.6 is 23.1 Å². The van der Waals surface area contributed by atoms with E-state index in [4.69, 9.17) is 16.2 Å². The number of likely N-dealkylation sites (N-methyl/N-ethyl adjacent to an activating group) is 2. The summed E-state index contributed by atoms with van der Waals surface area (Å²) in [6, 6.07) is 4.09. The number of nitrogens with one attached hydrogen (secondary N) is 4. The Bertz CT molecular complexity index is 2320. The van der Waals surface area contributed by atoms with Gasteiger partial charge in [-0.3, -0.25) is 53.0 Å². The number of unbranched alkanes of at least 4 members (excludes halogenated alkanes) is 3. The zero-order valence-electron chi connectivity index (χ0n) is 46.7. The molecular weight excluding hydrogens is 1020 g/mol. The standard InChI is InChI=1S/C55H86N10O10S2/c1-10-34(4)48(62-52(72)42-19-14-17-26-63(42)7)55(74)64(8)43(33(2)3)30-44(75-36(6)66)53-61-41(32-77-53)51(71)59-39(28-35(5)49(57)69)29-37-21-23-38(24-22-37)58-50(70)40(18-13-15-25-56)60-46(67)20-12-11-16-27-65-47(68)31-45(76-9)54(65)73/h21-24,32-35,39-40,42-45,48H,10-20,25-31,56H2,1-9H3,(H2,57,69)(H,58,70)(H,59,71)(H,60,67)(H,62,72)/t34-,35?,39+,40-,42+,43+,44+,45?,48-/m0/s1. The van der Waals surface area contributed by atoms with Gasteiger partial charge in [-0.1, -0.05) is 66.0 Å². The molecule has 0 saturated carbocycles. The molecule has 2 aromatic rings. The molecule has 4 rings (SSSR count). The molecule has 9 atom stereocenters. The number of amides is 8. The second kappa shape index (κ2) is 31.8. The van der Waals surface area contributed by atoms with Gasteiger partial charge in [-0.05, 0) is 114 Å². The summed E-state index contributed by atoms with van der Waals surface area (Å²) in [6.45, 7) is 12.4. The van der Waals surface area contributed by atoms with Crippen LogP contribution < -0.4 is 32.7 Å². The van der Waals surface area contributed by atoms with Crippen LogP contribution in [0, 0.1) is 17.8 Å². The molecule has 2 unspecified atom stereocenters. The highest BCUT2D eigenvalue weighted by Gasteiger charge is 2.39. The third kappa shape index (κ3) is 19.8. The van der Waals surface area contributed by atoms with Gasteiger partial charge in [-0.2, -0.15) is 11.8 Å². The minimum absolute atomic E-state index is 0.0695. The van der Waals surface area contributed by atoms with Crippen LogP contribution in [0.25, 0.3) is 0 Å². The highest BCUT2D eigenvalue weighted by Crippen LogP contribution is 2.32. The summed E-state index contributed by atoms with van der Waals surface area (Å²) in [7, 11) is 3.63. The van der Waals surface area contributed by atoms with Crippen molar-refractivity contribution in [2.75, 3.05) is 45.3 Å². The molecule has 2 aliphatic rings. The highest BCUT2D eigenvalue weighted by molar-refractivity contribution is 8.00. The topological polar surface area (TPSA) is 286 Å². The quantitative estimate of drug-likeness (QED) is 0.0316. The Morgan fingerprint density at radius 2 is 1.66 bits per heavy atom. The Hall–Kier alpha value is -5.45. The number of benzene rings is 1. The van der Waals surface area contributed by atoms with Gasteiger partial charge in [-0.15, -0.1) is 11.3 Å². The van der Waals surface area contributed by atoms with Gasteiger partial charge in [0.2, 0.25) is 41.4 Å². The fourth-order valence-electron chi connectivity index (χ4n) is 9.82. The van der Waals surface area contributed by atoms with E-state index in [1.54, 1.807) is 48.5 Å². The number of imide groups is 1. The lowest BCUT2D eigenvalue weighted by molar-refractivity contribution is -0.149. The van der Waals surface area contributed by atoms with Crippen LogP contribution in [0.1, 0.15) is 159 Å². The third-order valence-corrected chi connectivity index (χ3v) is 16.7. The number of thiazole rings is 1. The lowest BCUT2D eigenvalue weighted by atomic mass is 9.92. The first-order chi connectivity index (χ1) is 36.6. The van der Waals surface area contributed by atoms with Crippen LogP contribution in [0.3, 0.4) is 0 Å². The van der Waals surface area contributed by atoms with Crippen molar-refractivity contribution in [1.82, 2.24) is 35.6 Å². The number of carbonyl (C=O) groups excluding carboxylic acids is 9. The number of esters is 1. The number of likely N-dealkylation sites (tertiary alicyclic amines) is 2. The molecule has 20 nitrogen and oxygen atoms in total. The summed E-state index contributed by atoms with van der Waals surface area (Å²) in [5, 5.41) is 13.5. The summed E-state index contributed by atoms with van der Waals surface area (Å²) in [5.74, 6) is -3.89. The lowest BCUT2D eigenvalue weighted by Gasteiger charge is -2.38. The van der Waals surface area contributed by atoms with Crippen LogP contribution in [-0.2, 0) is 49.5 Å². The van der Waals surface area contributed by atoms with Gasteiger partial charge in [0.1, 0.15) is 22.8 Å². The van der Waals surface area contributed by atoms with Gasteiger partial charge in [0.15, 0.2) is 6.10 Å². The number of rotatable bonds is 32. The number of nitrogens with two attached hydrogens (primary N) is 2. The molecule has 22 heteroatoms. The van der Waals surface area contributed by atoms with Gasteiger partial charge < -0.3 is 42.4 Å².